The van der Waals surface area contributed by atoms with Crippen LogP contribution in [0.2, 0.25) is 0 Å². The molecule has 1 heterocycles. The molecular weight excluding hydrogens is 252 g/mol. The number of carbonyl (C=O) groups is 2. The van der Waals surface area contributed by atoms with Crippen LogP contribution in [0, 0.1) is 12.3 Å². The van der Waals surface area contributed by atoms with E-state index in [0.717, 1.165) is 6.42 Å². The third-order valence-corrected chi connectivity index (χ3v) is 3.01. The van der Waals surface area contributed by atoms with Crippen LogP contribution in [-0.4, -0.2) is 35.1 Å². The topological polar surface area (TPSA) is 69.6 Å². The molecular formula is C12H14N2O3S. The lowest BCUT2D eigenvalue weighted by molar-refractivity contribution is 0.0698. The molecule has 0 unspecified atom stereocenters. The highest BCUT2D eigenvalue weighted by atomic mass is 32.1. The molecule has 1 rings (SSSR count). The average molecular weight is 266 g/mol. The van der Waals surface area contributed by atoms with Crippen molar-refractivity contribution in [2.24, 2.45) is 0 Å². The molecule has 0 fully saturated rings. The first-order chi connectivity index (χ1) is 8.60. The van der Waals surface area contributed by atoms with E-state index in [9.17, 15) is 9.59 Å². The van der Waals surface area contributed by atoms with E-state index in [4.69, 9.17) is 11.5 Å². The molecule has 0 bridgehead atoms. The molecule has 0 radical (unpaired) electrons. The summed E-state index contributed by atoms with van der Waals surface area (Å²) in [5, 5.41) is 13.4. The van der Waals surface area contributed by atoms with Gasteiger partial charge in [0.25, 0.3) is 0 Å². The highest BCUT2D eigenvalue weighted by molar-refractivity contribution is 7.14. The Morgan fingerprint density at radius 2 is 2.33 bits per heavy atom. The first kappa shape index (κ1) is 14.1. The fourth-order valence-corrected chi connectivity index (χ4v) is 2.15. The van der Waals surface area contributed by atoms with Gasteiger partial charge in [-0.3, -0.25) is 5.32 Å². The highest BCUT2D eigenvalue weighted by Gasteiger charge is 2.17. The third-order valence-electron chi connectivity index (χ3n) is 2.18. The average Bonchev–Trinajstić information content (AvgIpc) is 2.77. The largest absolute Gasteiger partial charge is 0.478 e. The molecule has 0 aliphatic rings. The van der Waals surface area contributed by atoms with Crippen LogP contribution in [-0.2, 0) is 0 Å². The Balaban J connectivity index is 2.76. The molecule has 18 heavy (non-hydrogen) atoms. The molecule has 1 aromatic rings. The Hall–Kier alpha value is -2.00. The fourth-order valence-electron chi connectivity index (χ4n) is 1.38. The summed E-state index contributed by atoms with van der Waals surface area (Å²) < 4.78 is 0. The number of urea groups is 1. The molecule has 5 nitrogen and oxygen atoms in total. The summed E-state index contributed by atoms with van der Waals surface area (Å²) >= 11 is 1.17. The van der Waals surface area contributed by atoms with Gasteiger partial charge in [0.05, 0.1) is 12.1 Å². The van der Waals surface area contributed by atoms with Crippen molar-refractivity contribution in [2.45, 2.75) is 13.3 Å². The van der Waals surface area contributed by atoms with Gasteiger partial charge in [-0.2, -0.15) is 0 Å². The lowest BCUT2D eigenvalue weighted by atomic mass is 10.3. The van der Waals surface area contributed by atoms with Crippen LogP contribution in [0.1, 0.15) is 23.7 Å². The van der Waals surface area contributed by atoms with Crippen molar-refractivity contribution in [2.75, 3.05) is 18.4 Å². The minimum Gasteiger partial charge on any atom is -0.478 e. The van der Waals surface area contributed by atoms with Crippen LogP contribution in [0.3, 0.4) is 0 Å². The summed E-state index contributed by atoms with van der Waals surface area (Å²) in [5.41, 5.74) is 0.0884. The maximum Gasteiger partial charge on any atom is 0.338 e. The summed E-state index contributed by atoms with van der Waals surface area (Å²) in [6.07, 6.45) is 5.97. The molecule has 96 valence electrons. The standard InChI is InChI=1S/C12H14N2O3S/c1-3-6-14(7-4-2)12(17)13-10-9(11(15)16)5-8-18-10/h1,5,8H,4,6-7H2,2H3,(H,13,17)(H,15,16). The van der Waals surface area contributed by atoms with Crippen LogP contribution < -0.4 is 5.32 Å². The Labute approximate surface area is 109 Å². The van der Waals surface area contributed by atoms with Crippen LogP contribution in [0.15, 0.2) is 11.4 Å². The maximum atomic E-state index is 11.9. The summed E-state index contributed by atoms with van der Waals surface area (Å²) in [5.74, 6) is 1.34. The van der Waals surface area contributed by atoms with E-state index in [2.05, 4.69) is 11.2 Å². The SMILES string of the molecule is C#CCN(CCC)C(=O)Nc1sccc1C(=O)O. The number of nitrogens with zero attached hydrogens (tertiary/aromatic N) is 1. The van der Waals surface area contributed by atoms with Gasteiger partial charge in [0.2, 0.25) is 0 Å². The molecule has 0 aromatic carbocycles. The molecule has 1 aromatic heterocycles. The summed E-state index contributed by atoms with van der Waals surface area (Å²) in [7, 11) is 0. The van der Waals surface area contributed by atoms with E-state index in [1.54, 1.807) is 5.38 Å². The van der Waals surface area contributed by atoms with E-state index >= 15 is 0 Å². The van der Waals surface area contributed by atoms with Gasteiger partial charge in [0, 0.05) is 6.54 Å². The maximum absolute atomic E-state index is 11.9. The lowest BCUT2D eigenvalue weighted by Gasteiger charge is -2.19. The number of nitrogens with one attached hydrogen (secondary N) is 1. The zero-order valence-corrected chi connectivity index (χ0v) is 10.8. The number of aromatic carboxylic acids is 1. The molecule has 6 heteroatoms. The minimum atomic E-state index is -1.06. The smallest absolute Gasteiger partial charge is 0.338 e. The first-order valence-corrected chi connectivity index (χ1v) is 6.28. The molecule has 0 atom stereocenters. The second-order valence-corrected chi connectivity index (χ2v) is 4.44. The zero-order chi connectivity index (χ0) is 13.5. The fraction of sp³-hybridized carbons (Fsp3) is 0.333. The van der Waals surface area contributed by atoms with E-state index in [1.165, 1.54) is 22.3 Å². The summed E-state index contributed by atoms with van der Waals surface area (Å²) in [6.45, 7) is 2.67. The summed E-state index contributed by atoms with van der Waals surface area (Å²) in [4.78, 5) is 24.3. The van der Waals surface area contributed by atoms with Gasteiger partial charge in [-0.15, -0.1) is 17.8 Å². The molecule has 0 aliphatic heterocycles. The van der Waals surface area contributed by atoms with Gasteiger partial charge in [0.1, 0.15) is 5.00 Å². The van der Waals surface area contributed by atoms with Crippen LogP contribution >= 0.6 is 11.3 Å². The first-order valence-electron chi connectivity index (χ1n) is 5.40. The third kappa shape index (κ3) is 3.50. The Morgan fingerprint density at radius 3 is 2.89 bits per heavy atom. The Kier molecular flexibility index (Phi) is 5.21. The van der Waals surface area contributed by atoms with Crippen molar-refractivity contribution in [1.82, 2.24) is 4.90 Å². The molecule has 0 saturated heterocycles. The molecule has 0 spiro atoms. The number of hydrogen-bond acceptors (Lipinski definition) is 3. The van der Waals surface area contributed by atoms with Crippen molar-refractivity contribution in [1.29, 1.82) is 0 Å². The normalized spacial score (nSPS) is 9.56. The number of anilines is 1. The van der Waals surface area contributed by atoms with Gasteiger partial charge in [-0.25, -0.2) is 9.59 Å². The molecule has 2 amide bonds. The number of amides is 2. The number of carboxylic acid groups (broad SMARTS) is 1. The van der Waals surface area contributed by atoms with Gasteiger partial charge >= 0.3 is 12.0 Å². The van der Waals surface area contributed by atoms with Gasteiger partial charge < -0.3 is 10.0 Å². The number of carbonyl (C=O) groups excluding carboxylic acids is 1. The number of hydrogen-bond donors (Lipinski definition) is 2. The van der Waals surface area contributed by atoms with Gasteiger partial charge in [0.15, 0.2) is 0 Å². The van der Waals surface area contributed by atoms with Gasteiger partial charge in [-0.05, 0) is 17.9 Å². The van der Waals surface area contributed by atoms with Crippen molar-refractivity contribution in [3.63, 3.8) is 0 Å². The Bertz CT molecular complexity index is 476. The zero-order valence-electron chi connectivity index (χ0n) is 9.97. The number of thiophene rings is 1. The second kappa shape index (κ2) is 6.67. The molecule has 0 saturated carbocycles. The minimum absolute atomic E-state index is 0.0884. The molecule has 0 aliphatic carbocycles. The van der Waals surface area contributed by atoms with Gasteiger partial charge in [-0.1, -0.05) is 12.8 Å². The summed E-state index contributed by atoms with van der Waals surface area (Å²) in [6, 6.07) is 1.08. The van der Waals surface area contributed by atoms with Crippen LogP contribution in [0.5, 0.6) is 0 Å². The van der Waals surface area contributed by atoms with Crippen LogP contribution in [0.4, 0.5) is 9.80 Å². The van der Waals surface area contributed by atoms with E-state index < -0.39 is 5.97 Å². The van der Waals surface area contributed by atoms with E-state index in [-0.39, 0.29) is 18.1 Å². The lowest BCUT2D eigenvalue weighted by Crippen LogP contribution is -2.35. The van der Waals surface area contributed by atoms with Crippen molar-refractivity contribution in [3.8, 4) is 12.3 Å². The highest BCUT2D eigenvalue weighted by Crippen LogP contribution is 2.23. The Morgan fingerprint density at radius 1 is 1.61 bits per heavy atom. The van der Waals surface area contributed by atoms with E-state index in [0.29, 0.717) is 11.5 Å². The van der Waals surface area contributed by atoms with Crippen molar-refractivity contribution < 1.29 is 14.7 Å². The molecule has 2 N–H and O–H groups in total. The van der Waals surface area contributed by atoms with Crippen molar-refractivity contribution in [3.05, 3.63) is 17.0 Å². The number of carboxylic acids is 1. The quantitative estimate of drug-likeness (QED) is 0.803. The van der Waals surface area contributed by atoms with Crippen LogP contribution in [0.25, 0.3) is 0 Å². The number of terminal acetylenes is 1. The monoisotopic (exact) mass is 266 g/mol. The van der Waals surface area contributed by atoms with E-state index in [1.807, 2.05) is 6.92 Å². The number of rotatable bonds is 5. The predicted molar refractivity (Wildman–Crippen MR) is 71.0 cm³/mol. The second-order valence-electron chi connectivity index (χ2n) is 3.52. The predicted octanol–water partition coefficient (Wildman–Crippen LogP) is 2.32. The van der Waals surface area contributed by atoms with Crippen molar-refractivity contribution >= 4 is 28.3 Å².